The molecule has 132 valence electrons. The van der Waals surface area contributed by atoms with Gasteiger partial charge in [0.1, 0.15) is 18.4 Å². The molecule has 1 aliphatic rings. The Kier molecular flexibility index (Phi) is 4.27. The van der Waals surface area contributed by atoms with E-state index in [4.69, 9.17) is 0 Å². The van der Waals surface area contributed by atoms with E-state index in [-0.39, 0.29) is 11.7 Å². The molecule has 4 rings (SSSR count). The van der Waals surface area contributed by atoms with Crippen molar-refractivity contribution in [2.24, 2.45) is 0 Å². The lowest BCUT2D eigenvalue weighted by Gasteiger charge is -2.36. The van der Waals surface area contributed by atoms with E-state index < -0.39 is 0 Å². The highest BCUT2D eigenvalue weighted by Gasteiger charge is 2.22. The Balaban J connectivity index is 1.40. The molecule has 0 saturated carbocycles. The molecule has 0 aliphatic carbocycles. The molecule has 0 bridgehead atoms. The number of piperazine rings is 1. The van der Waals surface area contributed by atoms with Gasteiger partial charge >= 0.3 is 0 Å². The average molecular weight is 349 g/mol. The first-order valence-corrected chi connectivity index (χ1v) is 8.49. The number of carbonyl (C=O) groups excluding carboxylic acids is 1. The van der Waals surface area contributed by atoms with E-state index in [9.17, 15) is 9.90 Å². The summed E-state index contributed by atoms with van der Waals surface area (Å²) in [5.74, 6) is 0.296. The maximum atomic E-state index is 12.7. The van der Waals surface area contributed by atoms with Gasteiger partial charge in [0.05, 0.1) is 0 Å². The number of benzene rings is 2. The van der Waals surface area contributed by atoms with Crippen LogP contribution in [0.4, 0.5) is 5.69 Å². The number of phenolic OH excluding ortho intramolecular Hbond substituents is 1. The third kappa shape index (κ3) is 3.23. The first-order valence-electron chi connectivity index (χ1n) is 8.49. The molecule has 1 saturated heterocycles. The van der Waals surface area contributed by atoms with Gasteiger partial charge in [-0.3, -0.25) is 9.36 Å². The molecule has 26 heavy (non-hydrogen) atoms. The molecule has 2 heterocycles. The van der Waals surface area contributed by atoms with Gasteiger partial charge in [0.25, 0.3) is 5.91 Å². The van der Waals surface area contributed by atoms with Crippen LogP contribution in [0.15, 0.2) is 61.2 Å². The number of rotatable bonds is 3. The van der Waals surface area contributed by atoms with Gasteiger partial charge in [-0.15, -0.1) is 10.2 Å². The number of anilines is 1. The SMILES string of the molecule is O=C(c1ccc(-n2cnnc2)cc1)N1CCN(c2cccc(O)c2)CC1. The zero-order valence-corrected chi connectivity index (χ0v) is 14.2. The van der Waals surface area contributed by atoms with E-state index in [1.807, 2.05) is 41.3 Å². The highest BCUT2D eigenvalue weighted by Crippen LogP contribution is 2.22. The van der Waals surface area contributed by atoms with E-state index in [0.29, 0.717) is 18.7 Å². The predicted molar refractivity (Wildman–Crippen MR) is 97.6 cm³/mol. The summed E-state index contributed by atoms with van der Waals surface area (Å²) in [6.45, 7) is 2.80. The normalized spacial score (nSPS) is 14.5. The van der Waals surface area contributed by atoms with Crippen LogP contribution in [0.5, 0.6) is 5.75 Å². The molecule has 0 radical (unpaired) electrons. The summed E-state index contributed by atoms with van der Waals surface area (Å²) in [6, 6.07) is 14.7. The smallest absolute Gasteiger partial charge is 0.253 e. The Morgan fingerprint density at radius 2 is 1.58 bits per heavy atom. The van der Waals surface area contributed by atoms with Gasteiger partial charge < -0.3 is 14.9 Å². The molecule has 2 aromatic carbocycles. The van der Waals surface area contributed by atoms with Crippen LogP contribution < -0.4 is 4.90 Å². The summed E-state index contributed by atoms with van der Waals surface area (Å²) in [6.07, 6.45) is 3.24. The van der Waals surface area contributed by atoms with Gasteiger partial charge in [-0.2, -0.15) is 0 Å². The Hall–Kier alpha value is -3.35. The first kappa shape index (κ1) is 16.1. The third-order valence-corrected chi connectivity index (χ3v) is 4.59. The minimum atomic E-state index is 0.0378. The van der Waals surface area contributed by atoms with Crippen LogP contribution in [0.25, 0.3) is 5.69 Å². The largest absolute Gasteiger partial charge is 0.508 e. The summed E-state index contributed by atoms with van der Waals surface area (Å²) in [4.78, 5) is 16.8. The quantitative estimate of drug-likeness (QED) is 0.782. The van der Waals surface area contributed by atoms with Gasteiger partial charge in [-0.25, -0.2) is 0 Å². The molecule has 0 spiro atoms. The van der Waals surface area contributed by atoms with Gasteiger partial charge in [0.15, 0.2) is 0 Å². The number of carbonyl (C=O) groups is 1. The lowest BCUT2D eigenvalue weighted by atomic mass is 10.1. The molecule has 1 aliphatic heterocycles. The molecule has 0 unspecified atom stereocenters. The zero-order chi connectivity index (χ0) is 17.9. The number of hydrogen-bond donors (Lipinski definition) is 1. The Bertz CT molecular complexity index is 885. The highest BCUT2D eigenvalue weighted by molar-refractivity contribution is 5.94. The van der Waals surface area contributed by atoms with Crippen LogP contribution in [-0.2, 0) is 0 Å². The minimum Gasteiger partial charge on any atom is -0.508 e. The van der Waals surface area contributed by atoms with Crippen molar-refractivity contribution in [1.82, 2.24) is 19.7 Å². The van der Waals surface area contributed by atoms with Crippen molar-refractivity contribution in [1.29, 1.82) is 0 Å². The summed E-state index contributed by atoms with van der Waals surface area (Å²) >= 11 is 0. The van der Waals surface area contributed by atoms with E-state index in [0.717, 1.165) is 24.5 Å². The number of nitrogens with zero attached hydrogens (tertiary/aromatic N) is 5. The molecule has 1 amide bonds. The maximum absolute atomic E-state index is 12.7. The fourth-order valence-corrected chi connectivity index (χ4v) is 3.15. The molecule has 3 aromatic rings. The summed E-state index contributed by atoms with van der Waals surface area (Å²) in [7, 11) is 0. The number of hydrogen-bond acceptors (Lipinski definition) is 5. The van der Waals surface area contributed by atoms with Crippen LogP contribution in [0.3, 0.4) is 0 Å². The Labute approximate surface area is 151 Å². The molecule has 0 atom stereocenters. The molecule has 7 heteroatoms. The first-order chi connectivity index (χ1) is 12.7. The standard InChI is InChI=1S/C19H19N5O2/c25-18-3-1-2-17(12-18)22-8-10-23(11-9-22)19(26)15-4-6-16(7-5-15)24-13-20-21-14-24/h1-7,12-14,25H,8-11H2. The fraction of sp³-hybridized carbons (Fsp3) is 0.211. The van der Waals surface area contributed by atoms with E-state index >= 15 is 0 Å². The van der Waals surface area contributed by atoms with E-state index in [1.54, 1.807) is 29.4 Å². The van der Waals surface area contributed by atoms with Gasteiger partial charge in [0.2, 0.25) is 0 Å². The highest BCUT2D eigenvalue weighted by atomic mass is 16.3. The fourth-order valence-electron chi connectivity index (χ4n) is 3.15. The molecular weight excluding hydrogens is 330 g/mol. The molecule has 1 N–H and O–H groups in total. The predicted octanol–water partition coefficient (Wildman–Crippen LogP) is 1.94. The van der Waals surface area contributed by atoms with Crippen LogP contribution in [0.2, 0.25) is 0 Å². The van der Waals surface area contributed by atoms with Crippen LogP contribution in [0, 0.1) is 0 Å². The van der Waals surface area contributed by atoms with Gasteiger partial charge in [-0.05, 0) is 36.4 Å². The van der Waals surface area contributed by atoms with Crippen molar-refractivity contribution in [3.8, 4) is 11.4 Å². The zero-order valence-electron chi connectivity index (χ0n) is 14.2. The van der Waals surface area contributed by atoms with Crippen LogP contribution >= 0.6 is 0 Å². The van der Waals surface area contributed by atoms with Crippen molar-refractivity contribution in [2.75, 3.05) is 31.1 Å². The Morgan fingerprint density at radius 1 is 0.885 bits per heavy atom. The summed E-state index contributed by atoms with van der Waals surface area (Å²) < 4.78 is 1.79. The molecule has 1 aromatic heterocycles. The number of phenols is 1. The number of amides is 1. The summed E-state index contributed by atoms with van der Waals surface area (Å²) in [5, 5.41) is 17.2. The lowest BCUT2D eigenvalue weighted by Crippen LogP contribution is -2.48. The second-order valence-corrected chi connectivity index (χ2v) is 6.22. The van der Waals surface area contributed by atoms with Gasteiger partial charge in [0, 0.05) is 49.2 Å². The minimum absolute atomic E-state index is 0.0378. The van der Waals surface area contributed by atoms with E-state index in [1.165, 1.54) is 0 Å². The van der Waals surface area contributed by atoms with Crippen molar-refractivity contribution in [3.05, 3.63) is 66.7 Å². The Morgan fingerprint density at radius 3 is 2.23 bits per heavy atom. The van der Waals surface area contributed by atoms with Crippen molar-refractivity contribution in [3.63, 3.8) is 0 Å². The lowest BCUT2D eigenvalue weighted by molar-refractivity contribution is 0.0747. The topological polar surface area (TPSA) is 74.5 Å². The average Bonchev–Trinajstić information content (AvgIpc) is 3.23. The van der Waals surface area contributed by atoms with Crippen molar-refractivity contribution < 1.29 is 9.90 Å². The second kappa shape index (κ2) is 6.87. The molecule has 1 fully saturated rings. The van der Waals surface area contributed by atoms with Gasteiger partial charge in [-0.1, -0.05) is 6.07 Å². The van der Waals surface area contributed by atoms with E-state index in [2.05, 4.69) is 15.1 Å². The van der Waals surface area contributed by atoms with Crippen LogP contribution in [-0.4, -0.2) is 56.9 Å². The monoisotopic (exact) mass is 349 g/mol. The molecular formula is C19H19N5O2. The number of aromatic hydroxyl groups is 1. The van der Waals surface area contributed by atoms with Crippen molar-refractivity contribution in [2.45, 2.75) is 0 Å². The maximum Gasteiger partial charge on any atom is 0.253 e. The third-order valence-electron chi connectivity index (χ3n) is 4.59. The summed E-state index contributed by atoms with van der Waals surface area (Å²) in [5.41, 5.74) is 2.57. The molecule has 7 nitrogen and oxygen atoms in total. The van der Waals surface area contributed by atoms with Crippen LogP contribution in [0.1, 0.15) is 10.4 Å². The van der Waals surface area contributed by atoms with Crippen molar-refractivity contribution >= 4 is 11.6 Å². The number of aromatic nitrogens is 3. The second-order valence-electron chi connectivity index (χ2n) is 6.22.